The van der Waals surface area contributed by atoms with E-state index in [0.29, 0.717) is 11.3 Å². The minimum absolute atomic E-state index is 0.0362. The second kappa shape index (κ2) is 5.51. The number of hydrogen-bond acceptors (Lipinski definition) is 6. The molecule has 0 radical (unpaired) electrons. The van der Waals surface area contributed by atoms with Gasteiger partial charge in [0.1, 0.15) is 11.3 Å². The third-order valence-electron chi connectivity index (χ3n) is 4.30. The molecule has 0 aliphatic heterocycles. The molecule has 2 atom stereocenters. The van der Waals surface area contributed by atoms with Gasteiger partial charge in [-0.1, -0.05) is 0 Å². The van der Waals surface area contributed by atoms with Crippen molar-refractivity contribution in [2.45, 2.75) is 31.4 Å². The lowest BCUT2D eigenvalue weighted by atomic mass is 10.1. The molecule has 23 heavy (non-hydrogen) atoms. The molecule has 1 aliphatic rings. The van der Waals surface area contributed by atoms with Crippen LogP contribution in [0.2, 0.25) is 0 Å². The summed E-state index contributed by atoms with van der Waals surface area (Å²) < 4.78 is 0. The first kappa shape index (κ1) is 14.0. The summed E-state index contributed by atoms with van der Waals surface area (Å²) in [4.78, 5) is 8.91. The van der Waals surface area contributed by atoms with Crippen molar-refractivity contribution in [1.29, 1.82) is 0 Å². The molecule has 0 unspecified atom stereocenters. The van der Waals surface area contributed by atoms with Crippen LogP contribution in [0.3, 0.4) is 0 Å². The zero-order chi connectivity index (χ0) is 15.8. The average molecular weight is 310 g/mol. The number of aromatic nitrogens is 4. The van der Waals surface area contributed by atoms with E-state index in [4.69, 9.17) is 5.73 Å². The number of aliphatic hydroxyl groups excluding tert-OH is 1. The zero-order valence-corrected chi connectivity index (χ0v) is 12.5. The van der Waals surface area contributed by atoms with Crippen molar-refractivity contribution < 1.29 is 5.11 Å². The lowest BCUT2D eigenvalue weighted by Gasteiger charge is -2.19. The van der Waals surface area contributed by atoms with E-state index >= 15 is 0 Å². The summed E-state index contributed by atoms with van der Waals surface area (Å²) in [6.07, 6.45) is 5.94. The third kappa shape index (κ3) is 2.59. The molecule has 0 aromatic carbocycles. The molecule has 3 aromatic rings. The normalized spacial score (nSPS) is 20.9. The topological polar surface area (TPSA) is 113 Å². The molecule has 1 saturated carbocycles. The molecule has 0 spiro atoms. The summed E-state index contributed by atoms with van der Waals surface area (Å²) in [5.74, 6) is 0.427. The first-order chi connectivity index (χ1) is 11.2. The molecule has 0 amide bonds. The number of nitrogens with two attached hydrogens (primary N) is 1. The number of aromatic amines is 1. The van der Waals surface area contributed by atoms with Gasteiger partial charge in [0.2, 0.25) is 0 Å². The largest absolute Gasteiger partial charge is 0.391 e. The molecular weight excluding hydrogens is 292 g/mol. The Labute approximate surface area is 133 Å². The van der Waals surface area contributed by atoms with Crippen LogP contribution in [0.4, 0.5) is 11.5 Å². The Kier molecular flexibility index (Phi) is 3.34. The standard InChI is InChI=1S/C16H18N6O/c17-15-7-13(20-11-2-1-3-14(11)23)16-12(21-15)6-9(8-18-16)10-4-5-19-22-10/h4-8,11,14,23H,1-3H2,(H,19,22)(H3,17,20,21)/t11-,14+/m1/s1. The highest BCUT2D eigenvalue weighted by Crippen LogP contribution is 2.29. The minimum Gasteiger partial charge on any atom is -0.391 e. The fraction of sp³-hybridized carbons (Fsp3) is 0.312. The van der Waals surface area contributed by atoms with Crippen molar-refractivity contribution in [2.75, 3.05) is 11.1 Å². The van der Waals surface area contributed by atoms with Crippen molar-refractivity contribution in [3.63, 3.8) is 0 Å². The monoisotopic (exact) mass is 310 g/mol. The molecule has 3 aromatic heterocycles. The van der Waals surface area contributed by atoms with Gasteiger partial charge in [0.05, 0.1) is 29.0 Å². The smallest absolute Gasteiger partial charge is 0.126 e. The zero-order valence-electron chi connectivity index (χ0n) is 12.5. The molecular formula is C16H18N6O. The van der Waals surface area contributed by atoms with Crippen LogP contribution in [-0.4, -0.2) is 37.4 Å². The number of H-pyrrole nitrogens is 1. The number of fused-ring (bicyclic) bond motifs is 1. The fourth-order valence-corrected chi connectivity index (χ4v) is 3.12. The average Bonchev–Trinajstić information content (AvgIpc) is 3.19. The van der Waals surface area contributed by atoms with Crippen molar-refractivity contribution in [2.24, 2.45) is 0 Å². The van der Waals surface area contributed by atoms with Gasteiger partial charge in [0.15, 0.2) is 0 Å². The molecule has 3 heterocycles. The first-order valence-electron chi connectivity index (χ1n) is 7.71. The number of hydrogen-bond donors (Lipinski definition) is 4. The Morgan fingerprint density at radius 1 is 1.30 bits per heavy atom. The maximum atomic E-state index is 10.0. The highest BCUT2D eigenvalue weighted by molar-refractivity contribution is 5.91. The summed E-state index contributed by atoms with van der Waals surface area (Å²) in [5, 5.41) is 20.3. The maximum absolute atomic E-state index is 10.0. The van der Waals surface area contributed by atoms with Crippen molar-refractivity contribution in [3.05, 3.63) is 30.6 Å². The Morgan fingerprint density at radius 2 is 2.22 bits per heavy atom. The van der Waals surface area contributed by atoms with Crippen molar-refractivity contribution in [1.82, 2.24) is 20.2 Å². The Balaban J connectivity index is 1.76. The van der Waals surface area contributed by atoms with E-state index in [9.17, 15) is 5.11 Å². The number of rotatable bonds is 3. The van der Waals surface area contributed by atoms with E-state index in [2.05, 4.69) is 25.5 Å². The van der Waals surface area contributed by atoms with Gasteiger partial charge < -0.3 is 16.2 Å². The van der Waals surface area contributed by atoms with Gasteiger partial charge in [0.25, 0.3) is 0 Å². The van der Waals surface area contributed by atoms with Gasteiger partial charge in [0, 0.05) is 24.0 Å². The summed E-state index contributed by atoms with van der Waals surface area (Å²) in [7, 11) is 0. The molecule has 118 valence electrons. The molecule has 1 aliphatic carbocycles. The lowest BCUT2D eigenvalue weighted by Crippen LogP contribution is -2.28. The van der Waals surface area contributed by atoms with E-state index in [-0.39, 0.29) is 12.1 Å². The van der Waals surface area contributed by atoms with Crippen LogP contribution in [-0.2, 0) is 0 Å². The fourth-order valence-electron chi connectivity index (χ4n) is 3.12. The molecule has 7 heteroatoms. The Hall–Kier alpha value is -2.67. The lowest BCUT2D eigenvalue weighted by molar-refractivity contribution is 0.172. The van der Waals surface area contributed by atoms with E-state index in [1.165, 1.54) is 0 Å². The molecule has 0 bridgehead atoms. The third-order valence-corrected chi connectivity index (χ3v) is 4.30. The van der Waals surface area contributed by atoms with E-state index in [1.807, 2.05) is 12.1 Å². The molecule has 0 saturated heterocycles. The number of anilines is 2. The molecule has 7 nitrogen and oxygen atoms in total. The molecule has 1 fully saturated rings. The molecule has 5 N–H and O–H groups in total. The van der Waals surface area contributed by atoms with Crippen LogP contribution in [0.5, 0.6) is 0 Å². The highest BCUT2D eigenvalue weighted by atomic mass is 16.3. The second-order valence-electron chi connectivity index (χ2n) is 5.91. The maximum Gasteiger partial charge on any atom is 0.126 e. The number of pyridine rings is 2. The van der Waals surface area contributed by atoms with Crippen LogP contribution in [0.1, 0.15) is 19.3 Å². The quantitative estimate of drug-likeness (QED) is 0.588. The molecule has 4 rings (SSSR count). The highest BCUT2D eigenvalue weighted by Gasteiger charge is 2.25. The summed E-state index contributed by atoms with van der Waals surface area (Å²) in [6, 6.07) is 5.62. The summed E-state index contributed by atoms with van der Waals surface area (Å²) >= 11 is 0. The number of aliphatic hydroxyl groups is 1. The van der Waals surface area contributed by atoms with Crippen molar-refractivity contribution in [3.8, 4) is 11.3 Å². The summed E-state index contributed by atoms with van der Waals surface area (Å²) in [6.45, 7) is 0. The van der Waals surface area contributed by atoms with E-state index in [0.717, 1.165) is 41.7 Å². The predicted molar refractivity (Wildman–Crippen MR) is 88.8 cm³/mol. The van der Waals surface area contributed by atoms with Gasteiger partial charge >= 0.3 is 0 Å². The van der Waals surface area contributed by atoms with E-state index in [1.54, 1.807) is 18.5 Å². The van der Waals surface area contributed by atoms with Gasteiger partial charge in [-0.15, -0.1) is 0 Å². The Morgan fingerprint density at radius 3 is 2.96 bits per heavy atom. The van der Waals surface area contributed by atoms with Gasteiger partial charge in [-0.25, -0.2) is 4.98 Å². The minimum atomic E-state index is -0.330. The first-order valence-corrected chi connectivity index (χ1v) is 7.71. The van der Waals surface area contributed by atoms with E-state index < -0.39 is 0 Å². The van der Waals surface area contributed by atoms with Gasteiger partial charge in [-0.2, -0.15) is 5.10 Å². The SMILES string of the molecule is Nc1cc(N[C@@H]2CCC[C@@H]2O)c2ncc(-c3ccn[nH]3)cc2n1. The van der Waals surface area contributed by atoms with Crippen LogP contribution in [0.25, 0.3) is 22.3 Å². The van der Waals surface area contributed by atoms with Crippen LogP contribution in [0.15, 0.2) is 30.6 Å². The second-order valence-corrected chi connectivity index (χ2v) is 5.91. The van der Waals surface area contributed by atoms with Crippen LogP contribution < -0.4 is 11.1 Å². The van der Waals surface area contributed by atoms with Gasteiger partial charge in [-0.05, 0) is 31.4 Å². The van der Waals surface area contributed by atoms with Crippen molar-refractivity contribution >= 4 is 22.5 Å². The summed E-state index contributed by atoms with van der Waals surface area (Å²) in [5.41, 5.74) is 10.0. The Bertz CT molecular complexity index is 832. The van der Waals surface area contributed by atoms with Crippen LogP contribution in [0, 0.1) is 0 Å². The number of nitrogens with zero attached hydrogens (tertiary/aromatic N) is 3. The predicted octanol–water partition coefficient (Wildman–Crippen LogP) is 1.93. The number of nitrogens with one attached hydrogen (secondary N) is 2. The number of nitrogen functional groups attached to an aromatic ring is 1. The van der Waals surface area contributed by atoms with Crippen LogP contribution >= 0.6 is 0 Å². The van der Waals surface area contributed by atoms with Gasteiger partial charge in [-0.3, -0.25) is 10.1 Å².